The first kappa shape index (κ1) is 10.1. The predicted octanol–water partition coefficient (Wildman–Crippen LogP) is 1.63. The van der Waals surface area contributed by atoms with E-state index < -0.39 is 6.09 Å². The molecule has 15 heavy (non-hydrogen) atoms. The molecule has 9 heteroatoms. The van der Waals surface area contributed by atoms with E-state index >= 15 is 0 Å². The molecule has 2 rings (SSSR count). The minimum atomic E-state index is -1.24. The molecule has 0 aliphatic rings. The van der Waals surface area contributed by atoms with Gasteiger partial charge in [0.05, 0.1) is 6.20 Å². The van der Waals surface area contributed by atoms with E-state index in [0.29, 0.717) is 4.60 Å². The Morgan fingerprint density at radius 3 is 3.07 bits per heavy atom. The molecule has 0 unspecified atom stereocenters. The maximum absolute atomic E-state index is 10.5. The van der Waals surface area contributed by atoms with Crippen molar-refractivity contribution in [2.75, 3.05) is 5.32 Å². The number of amides is 1. The van der Waals surface area contributed by atoms with E-state index in [4.69, 9.17) is 16.7 Å². The van der Waals surface area contributed by atoms with Crippen LogP contribution in [0.5, 0.6) is 0 Å². The van der Waals surface area contributed by atoms with Gasteiger partial charge in [-0.15, -0.1) is 5.10 Å². The molecule has 1 amide bonds. The van der Waals surface area contributed by atoms with Crippen molar-refractivity contribution >= 4 is 45.1 Å². The molecule has 0 bridgehead atoms. The Morgan fingerprint density at radius 2 is 2.40 bits per heavy atom. The quantitative estimate of drug-likeness (QED) is 0.833. The van der Waals surface area contributed by atoms with E-state index in [1.165, 1.54) is 10.7 Å². The lowest BCUT2D eigenvalue weighted by Gasteiger charge is -2.02. The van der Waals surface area contributed by atoms with Crippen LogP contribution >= 0.6 is 27.5 Å². The highest BCUT2D eigenvalue weighted by atomic mass is 79.9. The van der Waals surface area contributed by atoms with E-state index in [2.05, 4.69) is 36.3 Å². The zero-order chi connectivity index (χ0) is 11.0. The van der Waals surface area contributed by atoms with Crippen LogP contribution in [0, 0.1) is 0 Å². The largest absolute Gasteiger partial charge is 0.465 e. The molecular formula is C6H3BrClN5O2. The second-order valence-electron chi connectivity index (χ2n) is 2.48. The Labute approximate surface area is 96.2 Å². The zero-order valence-corrected chi connectivity index (χ0v) is 9.32. The third-order valence-electron chi connectivity index (χ3n) is 1.52. The van der Waals surface area contributed by atoms with Gasteiger partial charge in [-0.3, -0.25) is 5.32 Å². The summed E-state index contributed by atoms with van der Waals surface area (Å²) in [6.45, 7) is 0. The van der Waals surface area contributed by atoms with Crippen molar-refractivity contribution in [2.24, 2.45) is 0 Å². The standard InChI is InChI=1S/C6H3BrClN5O2/c7-2-1-9-4-3(11-6(14)15)10-5(8)12-13(2)4/h1H,(H,14,15)(H,10,11,12). The Kier molecular flexibility index (Phi) is 2.45. The average Bonchev–Trinajstić information content (AvgIpc) is 2.47. The Hall–Kier alpha value is -1.41. The number of nitrogens with one attached hydrogen (secondary N) is 1. The van der Waals surface area contributed by atoms with E-state index in [1.807, 2.05) is 0 Å². The Morgan fingerprint density at radius 1 is 1.67 bits per heavy atom. The molecule has 0 saturated heterocycles. The number of rotatable bonds is 1. The maximum atomic E-state index is 10.5. The van der Waals surface area contributed by atoms with Crippen molar-refractivity contribution in [2.45, 2.75) is 0 Å². The van der Waals surface area contributed by atoms with Crippen LogP contribution in [-0.4, -0.2) is 30.8 Å². The van der Waals surface area contributed by atoms with Gasteiger partial charge in [0.1, 0.15) is 4.60 Å². The smallest absolute Gasteiger partial charge is 0.410 e. The molecule has 2 heterocycles. The van der Waals surface area contributed by atoms with Crippen LogP contribution in [0.3, 0.4) is 0 Å². The summed E-state index contributed by atoms with van der Waals surface area (Å²) in [6.07, 6.45) is 0.221. The summed E-state index contributed by atoms with van der Waals surface area (Å²) >= 11 is 8.79. The zero-order valence-electron chi connectivity index (χ0n) is 6.98. The molecule has 2 aromatic heterocycles. The van der Waals surface area contributed by atoms with Crippen LogP contribution in [0.15, 0.2) is 10.8 Å². The number of anilines is 1. The molecule has 0 fully saturated rings. The molecular weight excluding hydrogens is 289 g/mol. The molecule has 2 N–H and O–H groups in total. The fraction of sp³-hybridized carbons (Fsp3) is 0. The molecule has 0 saturated carbocycles. The second kappa shape index (κ2) is 3.63. The number of hydrogen-bond acceptors (Lipinski definition) is 4. The SMILES string of the molecule is O=C(O)Nc1nc(Cl)nn2c(Br)cnc12. The van der Waals surface area contributed by atoms with Gasteiger partial charge < -0.3 is 5.11 Å². The number of imidazole rings is 1. The number of nitrogens with zero attached hydrogens (tertiary/aromatic N) is 4. The first-order chi connectivity index (χ1) is 7.08. The van der Waals surface area contributed by atoms with Crippen molar-refractivity contribution in [1.82, 2.24) is 19.6 Å². The van der Waals surface area contributed by atoms with Crippen molar-refractivity contribution < 1.29 is 9.90 Å². The second-order valence-corrected chi connectivity index (χ2v) is 3.63. The maximum Gasteiger partial charge on any atom is 0.410 e. The topological polar surface area (TPSA) is 92.4 Å². The van der Waals surface area contributed by atoms with Crippen molar-refractivity contribution in [3.05, 3.63) is 16.1 Å². The van der Waals surface area contributed by atoms with Crippen molar-refractivity contribution in [3.8, 4) is 0 Å². The van der Waals surface area contributed by atoms with Crippen LogP contribution in [0.25, 0.3) is 5.65 Å². The molecule has 0 radical (unpaired) electrons. The lowest BCUT2D eigenvalue weighted by Crippen LogP contribution is -2.11. The van der Waals surface area contributed by atoms with Crippen molar-refractivity contribution in [1.29, 1.82) is 0 Å². The van der Waals surface area contributed by atoms with E-state index in [9.17, 15) is 4.79 Å². The van der Waals surface area contributed by atoms with Gasteiger partial charge in [-0.05, 0) is 27.5 Å². The third-order valence-corrected chi connectivity index (χ3v) is 2.22. The van der Waals surface area contributed by atoms with Crippen LogP contribution in [0.1, 0.15) is 0 Å². The fourth-order valence-corrected chi connectivity index (χ4v) is 1.52. The lowest BCUT2D eigenvalue weighted by molar-refractivity contribution is 0.209. The number of carboxylic acid groups (broad SMARTS) is 1. The summed E-state index contributed by atoms with van der Waals surface area (Å²) < 4.78 is 1.89. The summed E-state index contributed by atoms with van der Waals surface area (Å²) in [5.74, 6) is 0.0354. The summed E-state index contributed by atoms with van der Waals surface area (Å²) in [7, 11) is 0. The van der Waals surface area contributed by atoms with E-state index in [0.717, 1.165) is 0 Å². The molecule has 7 nitrogen and oxygen atoms in total. The van der Waals surface area contributed by atoms with Gasteiger partial charge in [0.15, 0.2) is 11.5 Å². The number of hydrogen-bond donors (Lipinski definition) is 2. The van der Waals surface area contributed by atoms with Crippen LogP contribution in [0.2, 0.25) is 5.28 Å². The first-order valence-corrected chi connectivity index (χ1v) is 4.82. The van der Waals surface area contributed by atoms with Gasteiger partial charge in [0.2, 0.25) is 5.28 Å². The van der Waals surface area contributed by atoms with Crippen LogP contribution in [-0.2, 0) is 0 Å². The van der Waals surface area contributed by atoms with Crippen molar-refractivity contribution in [3.63, 3.8) is 0 Å². The summed E-state index contributed by atoms with van der Waals surface area (Å²) in [5, 5.41) is 14.4. The van der Waals surface area contributed by atoms with E-state index in [1.54, 1.807) is 0 Å². The molecule has 78 valence electrons. The number of carbonyl (C=O) groups is 1. The van der Waals surface area contributed by atoms with Gasteiger partial charge in [0, 0.05) is 0 Å². The minimum Gasteiger partial charge on any atom is -0.465 e. The van der Waals surface area contributed by atoms with Gasteiger partial charge >= 0.3 is 6.09 Å². The molecule has 0 aliphatic carbocycles. The predicted molar refractivity (Wildman–Crippen MR) is 55.1 cm³/mol. The van der Waals surface area contributed by atoms with Gasteiger partial charge in [-0.25, -0.2) is 14.3 Å². The van der Waals surface area contributed by atoms with E-state index in [-0.39, 0.29) is 16.7 Å². The third kappa shape index (κ3) is 1.85. The Balaban J connectivity index is 2.66. The monoisotopic (exact) mass is 291 g/mol. The van der Waals surface area contributed by atoms with Crippen LogP contribution in [0.4, 0.5) is 10.6 Å². The Bertz CT molecular complexity index is 542. The highest BCUT2D eigenvalue weighted by Gasteiger charge is 2.12. The highest BCUT2D eigenvalue weighted by molar-refractivity contribution is 9.10. The van der Waals surface area contributed by atoms with Crippen LogP contribution < -0.4 is 5.32 Å². The molecule has 0 aliphatic heterocycles. The summed E-state index contributed by atoms with van der Waals surface area (Å²) in [5.41, 5.74) is 0.272. The highest BCUT2D eigenvalue weighted by Crippen LogP contribution is 2.18. The molecule has 0 aromatic carbocycles. The fourth-order valence-electron chi connectivity index (χ4n) is 1.01. The molecule has 0 atom stereocenters. The van der Waals surface area contributed by atoms with Gasteiger partial charge in [-0.2, -0.15) is 4.98 Å². The number of fused-ring (bicyclic) bond motifs is 1. The summed E-state index contributed by atoms with van der Waals surface area (Å²) in [4.78, 5) is 18.1. The molecule has 0 spiro atoms. The number of halogens is 2. The van der Waals surface area contributed by atoms with Gasteiger partial charge in [0.25, 0.3) is 0 Å². The molecule has 2 aromatic rings. The normalized spacial score (nSPS) is 10.5. The minimum absolute atomic E-state index is 0.0354. The number of aromatic nitrogens is 4. The first-order valence-electron chi connectivity index (χ1n) is 3.64. The van der Waals surface area contributed by atoms with Gasteiger partial charge in [-0.1, -0.05) is 0 Å². The summed E-state index contributed by atoms with van der Waals surface area (Å²) in [6, 6.07) is 0. The average molecular weight is 292 g/mol. The lowest BCUT2D eigenvalue weighted by atomic mass is 10.6.